The number of nitriles is 1. The monoisotopic (exact) mass is 648 g/mol. The Morgan fingerprint density at radius 3 is 2.04 bits per heavy atom. The first-order valence-electron chi connectivity index (χ1n) is 12.9. The van der Waals surface area contributed by atoms with Gasteiger partial charge in [-0.25, -0.2) is 14.6 Å². The molecule has 0 radical (unpaired) electrons. The lowest BCUT2D eigenvalue weighted by atomic mass is 9.96. The summed E-state index contributed by atoms with van der Waals surface area (Å²) in [5, 5.41) is 32.0. The number of nitrogens with zero attached hydrogens (tertiary/aromatic N) is 2. The van der Waals surface area contributed by atoms with Gasteiger partial charge in [-0.1, -0.05) is 18.2 Å². The number of nitrogen functional groups attached to an aromatic ring is 1. The fourth-order valence-corrected chi connectivity index (χ4v) is 3.72. The second-order valence-electron chi connectivity index (χ2n) is 9.61. The molecule has 246 valence electrons. The molecule has 0 aliphatic carbocycles. The topological polar surface area (TPSA) is 208 Å². The highest BCUT2D eigenvalue weighted by molar-refractivity contribution is 5.89. The van der Waals surface area contributed by atoms with E-state index >= 15 is 0 Å². The Kier molecular flexibility index (Phi) is 14.2. The number of aryl methyl sites for hydroxylation is 1. The standard InChI is InChI=1S/C23H28N6O2.2C2HF3O2/c1-14-19(7-8-21(25)28-14)13-27-22(30)15(2)29-23(31)20-10-18(12-26-20)9-16-3-5-17(11-24)6-4-16;2*3-2(4,5)1(6)7/h3-8,15,18,20,26H,9-10,12-13H2,1-2H3,(H2,25,28)(H,27,30)(H,29,31);2*(H,6,7)/t15-,18-,20+;;/m0../s1. The molecule has 1 fully saturated rings. The van der Waals surface area contributed by atoms with Crippen LogP contribution in [0.25, 0.3) is 0 Å². The zero-order valence-electron chi connectivity index (χ0n) is 23.8. The fraction of sp³-hybridized carbons (Fsp3) is 0.407. The minimum Gasteiger partial charge on any atom is -0.475 e. The number of aromatic nitrogens is 1. The molecule has 1 saturated heterocycles. The molecule has 1 aliphatic rings. The number of rotatable bonds is 7. The molecule has 1 aliphatic heterocycles. The van der Waals surface area contributed by atoms with Crippen LogP contribution in [0.15, 0.2) is 36.4 Å². The van der Waals surface area contributed by atoms with E-state index in [0.717, 1.165) is 29.8 Å². The molecule has 0 spiro atoms. The molecule has 2 aromatic rings. The number of carboxylic acid groups (broad SMARTS) is 2. The summed E-state index contributed by atoms with van der Waals surface area (Å²) in [7, 11) is 0. The molecule has 12 nitrogen and oxygen atoms in total. The quantitative estimate of drug-likeness (QED) is 0.242. The molecule has 1 aromatic heterocycles. The van der Waals surface area contributed by atoms with Crippen LogP contribution < -0.4 is 21.7 Å². The molecule has 0 saturated carbocycles. The number of hydrogen-bond acceptors (Lipinski definition) is 8. The van der Waals surface area contributed by atoms with Gasteiger partial charge in [-0.05, 0) is 68.5 Å². The van der Waals surface area contributed by atoms with E-state index < -0.39 is 30.3 Å². The van der Waals surface area contributed by atoms with Crippen molar-refractivity contribution in [3.63, 3.8) is 0 Å². The molecule has 3 rings (SSSR count). The summed E-state index contributed by atoms with van der Waals surface area (Å²) in [4.78, 5) is 47.0. The molecular weight excluding hydrogens is 618 g/mol. The molecule has 18 heteroatoms. The minimum absolute atomic E-state index is 0.171. The second-order valence-corrected chi connectivity index (χ2v) is 9.61. The zero-order valence-corrected chi connectivity index (χ0v) is 23.8. The van der Waals surface area contributed by atoms with E-state index in [4.69, 9.17) is 30.8 Å². The normalized spacial score (nSPS) is 16.4. The lowest BCUT2D eigenvalue weighted by Gasteiger charge is -2.17. The van der Waals surface area contributed by atoms with Crippen LogP contribution in [0.2, 0.25) is 0 Å². The summed E-state index contributed by atoms with van der Waals surface area (Å²) in [6, 6.07) is 12.2. The summed E-state index contributed by atoms with van der Waals surface area (Å²) in [5.41, 5.74) is 9.08. The Labute approximate surface area is 252 Å². The Morgan fingerprint density at radius 2 is 1.58 bits per heavy atom. The number of anilines is 1. The molecule has 1 aromatic carbocycles. The summed E-state index contributed by atoms with van der Waals surface area (Å²) in [6.07, 6.45) is -8.62. The van der Waals surface area contributed by atoms with E-state index in [1.165, 1.54) is 0 Å². The van der Waals surface area contributed by atoms with Crippen molar-refractivity contribution in [3.8, 4) is 6.07 Å². The number of benzene rings is 1. The van der Waals surface area contributed by atoms with Crippen molar-refractivity contribution in [2.75, 3.05) is 12.3 Å². The zero-order chi connectivity index (χ0) is 34.5. The number of pyridine rings is 1. The maximum absolute atomic E-state index is 12.6. The highest BCUT2D eigenvalue weighted by atomic mass is 19.4. The SMILES string of the molecule is Cc1nc(N)ccc1CNC(=O)[C@H](C)NC(=O)[C@H]1C[C@H](Cc2ccc(C#N)cc2)CN1.O=C(O)C(F)(F)F.O=C(O)C(F)(F)F. The van der Waals surface area contributed by atoms with Gasteiger partial charge in [-0.15, -0.1) is 0 Å². The summed E-state index contributed by atoms with van der Waals surface area (Å²) in [5.74, 6) is -5.17. The average molecular weight is 649 g/mol. The van der Waals surface area contributed by atoms with Crippen molar-refractivity contribution in [3.05, 3.63) is 58.8 Å². The summed E-state index contributed by atoms with van der Waals surface area (Å²) in [6.45, 7) is 4.57. The smallest absolute Gasteiger partial charge is 0.475 e. The second kappa shape index (κ2) is 16.8. The molecule has 0 bridgehead atoms. The van der Waals surface area contributed by atoms with E-state index in [-0.39, 0.29) is 17.9 Å². The molecule has 45 heavy (non-hydrogen) atoms. The van der Waals surface area contributed by atoms with Crippen LogP contribution in [0.3, 0.4) is 0 Å². The van der Waals surface area contributed by atoms with Crippen LogP contribution in [0.4, 0.5) is 32.2 Å². The third-order valence-corrected chi connectivity index (χ3v) is 6.05. The van der Waals surface area contributed by atoms with Gasteiger partial charge in [0.25, 0.3) is 0 Å². The van der Waals surface area contributed by atoms with Gasteiger partial charge in [0, 0.05) is 12.2 Å². The highest BCUT2D eigenvalue weighted by Gasteiger charge is 2.39. The number of carbonyl (C=O) groups excluding carboxylic acids is 2. The number of halogens is 6. The molecule has 2 amide bonds. The Bertz CT molecular complexity index is 1350. The van der Waals surface area contributed by atoms with E-state index in [1.807, 2.05) is 37.3 Å². The molecule has 7 N–H and O–H groups in total. The molecule has 2 heterocycles. The van der Waals surface area contributed by atoms with Gasteiger partial charge in [-0.3, -0.25) is 9.59 Å². The van der Waals surface area contributed by atoms with Gasteiger partial charge in [0.05, 0.1) is 17.7 Å². The Balaban J connectivity index is 0.000000601. The lowest BCUT2D eigenvalue weighted by molar-refractivity contribution is -0.193. The average Bonchev–Trinajstić information content (AvgIpc) is 3.41. The lowest BCUT2D eigenvalue weighted by Crippen LogP contribution is -2.50. The van der Waals surface area contributed by atoms with Crippen LogP contribution in [-0.2, 0) is 32.1 Å². The summed E-state index contributed by atoms with van der Waals surface area (Å²) >= 11 is 0. The van der Waals surface area contributed by atoms with E-state index in [2.05, 4.69) is 27.0 Å². The van der Waals surface area contributed by atoms with E-state index in [0.29, 0.717) is 30.3 Å². The van der Waals surface area contributed by atoms with Crippen molar-refractivity contribution < 1.29 is 55.7 Å². The number of aliphatic carboxylic acids is 2. The van der Waals surface area contributed by atoms with Gasteiger partial charge in [0.15, 0.2) is 0 Å². The number of hydrogen-bond donors (Lipinski definition) is 6. The van der Waals surface area contributed by atoms with Gasteiger partial charge in [0.2, 0.25) is 11.8 Å². The van der Waals surface area contributed by atoms with E-state index in [9.17, 15) is 35.9 Å². The van der Waals surface area contributed by atoms with E-state index in [1.54, 1.807) is 13.0 Å². The van der Waals surface area contributed by atoms with Crippen molar-refractivity contribution in [2.45, 2.75) is 57.7 Å². The predicted octanol–water partition coefficient (Wildman–Crippen LogP) is 2.45. The van der Waals surface area contributed by atoms with Crippen LogP contribution >= 0.6 is 0 Å². The van der Waals surface area contributed by atoms with Crippen LogP contribution in [0, 0.1) is 24.2 Å². The third kappa shape index (κ3) is 13.9. The van der Waals surface area contributed by atoms with Crippen molar-refractivity contribution >= 4 is 29.6 Å². The third-order valence-electron chi connectivity index (χ3n) is 6.05. The Hall–Kier alpha value is -4.92. The maximum atomic E-state index is 12.6. The number of nitrogens with one attached hydrogen (secondary N) is 3. The predicted molar refractivity (Wildman–Crippen MR) is 145 cm³/mol. The highest BCUT2D eigenvalue weighted by Crippen LogP contribution is 2.20. The first kappa shape index (κ1) is 38.1. The minimum atomic E-state index is -5.08. The fourth-order valence-electron chi connectivity index (χ4n) is 3.72. The van der Waals surface area contributed by atoms with Gasteiger partial charge in [-0.2, -0.15) is 31.6 Å². The first-order valence-corrected chi connectivity index (χ1v) is 12.9. The summed E-state index contributed by atoms with van der Waals surface area (Å²) < 4.78 is 63.5. The maximum Gasteiger partial charge on any atom is 0.490 e. The largest absolute Gasteiger partial charge is 0.490 e. The van der Waals surface area contributed by atoms with Gasteiger partial charge in [0.1, 0.15) is 11.9 Å². The number of amides is 2. The number of alkyl halides is 6. The van der Waals surface area contributed by atoms with Gasteiger partial charge >= 0.3 is 24.3 Å². The first-order chi connectivity index (χ1) is 20.7. The molecule has 3 atom stereocenters. The van der Waals surface area contributed by atoms with Gasteiger partial charge < -0.3 is 31.9 Å². The Morgan fingerprint density at radius 1 is 1.04 bits per heavy atom. The van der Waals surface area contributed by atoms with Crippen LogP contribution in [-0.4, -0.2) is 69.9 Å². The number of carboxylic acids is 2. The number of carbonyl (C=O) groups is 4. The van der Waals surface area contributed by atoms with Crippen molar-refractivity contribution in [1.29, 1.82) is 5.26 Å². The molecule has 0 unspecified atom stereocenters. The number of nitrogens with two attached hydrogens (primary N) is 1. The van der Waals surface area contributed by atoms with Crippen LogP contribution in [0.1, 0.15) is 35.7 Å². The van der Waals surface area contributed by atoms with Crippen molar-refractivity contribution in [2.24, 2.45) is 5.92 Å². The molecular formula is C27H30F6N6O6. The van der Waals surface area contributed by atoms with Crippen molar-refractivity contribution in [1.82, 2.24) is 20.9 Å². The van der Waals surface area contributed by atoms with Crippen LogP contribution in [0.5, 0.6) is 0 Å².